The first kappa shape index (κ1) is 10.4. The van der Waals surface area contributed by atoms with Crippen LogP contribution in [0.15, 0.2) is 30.5 Å². The molecule has 17 heavy (non-hydrogen) atoms. The summed E-state index contributed by atoms with van der Waals surface area (Å²) in [5, 5.41) is 13.7. The molecule has 0 spiro atoms. The molecule has 0 saturated carbocycles. The first-order valence-electron chi connectivity index (χ1n) is 5.79. The molecule has 88 valence electrons. The molecule has 0 aliphatic carbocycles. The molecule has 2 aromatic rings. The summed E-state index contributed by atoms with van der Waals surface area (Å²) in [4.78, 5) is 14.7. The summed E-state index contributed by atoms with van der Waals surface area (Å²) in [7, 11) is 0. The van der Waals surface area contributed by atoms with Gasteiger partial charge in [0.15, 0.2) is 0 Å². The molecule has 1 atom stereocenters. The van der Waals surface area contributed by atoms with E-state index >= 15 is 0 Å². The van der Waals surface area contributed by atoms with Crippen molar-refractivity contribution < 1.29 is 9.90 Å². The minimum atomic E-state index is -0.917. The van der Waals surface area contributed by atoms with Gasteiger partial charge in [0.1, 0.15) is 5.54 Å². The number of hydrogen-bond donors (Lipinski definition) is 3. The number of nitrogens with one attached hydrogen (secondary N) is 2. The molecule has 1 unspecified atom stereocenters. The Labute approximate surface area is 98.6 Å². The van der Waals surface area contributed by atoms with Crippen LogP contribution in [0, 0.1) is 0 Å². The summed E-state index contributed by atoms with van der Waals surface area (Å²) in [6.45, 7) is 0.756. The number of hydrogen-bond acceptors (Lipinski definition) is 2. The average molecular weight is 230 g/mol. The predicted molar refractivity (Wildman–Crippen MR) is 64.8 cm³/mol. The molecule has 3 N–H and O–H groups in total. The van der Waals surface area contributed by atoms with Crippen molar-refractivity contribution in [1.82, 2.24) is 10.3 Å². The van der Waals surface area contributed by atoms with E-state index in [2.05, 4.69) is 10.3 Å². The molecule has 1 aliphatic heterocycles. The van der Waals surface area contributed by atoms with Crippen molar-refractivity contribution >= 4 is 16.9 Å². The van der Waals surface area contributed by atoms with Gasteiger partial charge in [-0.15, -0.1) is 0 Å². The number of benzene rings is 1. The van der Waals surface area contributed by atoms with Crippen molar-refractivity contribution in [1.29, 1.82) is 0 Å². The normalized spacial score (nSPS) is 24.2. The number of aromatic nitrogens is 1. The number of fused-ring (bicyclic) bond motifs is 1. The summed E-state index contributed by atoms with van der Waals surface area (Å²) in [5.74, 6) is -0.792. The molecule has 1 aromatic carbocycles. The van der Waals surface area contributed by atoms with Gasteiger partial charge >= 0.3 is 5.97 Å². The molecule has 1 saturated heterocycles. The van der Waals surface area contributed by atoms with Crippen LogP contribution in [0.5, 0.6) is 0 Å². The van der Waals surface area contributed by atoms with E-state index in [1.165, 1.54) is 0 Å². The van der Waals surface area contributed by atoms with Gasteiger partial charge in [0, 0.05) is 22.7 Å². The van der Waals surface area contributed by atoms with Crippen LogP contribution in [0.25, 0.3) is 10.9 Å². The first-order chi connectivity index (χ1) is 8.24. The minimum Gasteiger partial charge on any atom is -0.480 e. The van der Waals surface area contributed by atoms with E-state index in [0.29, 0.717) is 6.42 Å². The van der Waals surface area contributed by atoms with Crippen LogP contribution >= 0.6 is 0 Å². The Bertz CT molecular complexity index is 568. The second-order valence-electron chi connectivity index (χ2n) is 4.49. The van der Waals surface area contributed by atoms with E-state index in [0.717, 1.165) is 29.4 Å². The van der Waals surface area contributed by atoms with Gasteiger partial charge < -0.3 is 10.1 Å². The number of para-hydroxylation sites is 1. The Kier molecular flexibility index (Phi) is 2.19. The molecule has 1 aromatic heterocycles. The third-order valence-electron chi connectivity index (χ3n) is 3.57. The number of carboxylic acid groups (broad SMARTS) is 1. The topological polar surface area (TPSA) is 65.1 Å². The number of carboxylic acids is 1. The maximum absolute atomic E-state index is 11.6. The highest BCUT2D eigenvalue weighted by atomic mass is 16.4. The summed E-state index contributed by atoms with van der Waals surface area (Å²) in [6.07, 6.45) is 3.35. The maximum Gasteiger partial charge on any atom is 0.328 e. The van der Waals surface area contributed by atoms with E-state index in [1.54, 1.807) is 0 Å². The Morgan fingerprint density at radius 3 is 2.88 bits per heavy atom. The third kappa shape index (κ3) is 1.37. The highest BCUT2D eigenvalue weighted by Crippen LogP contribution is 2.35. The van der Waals surface area contributed by atoms with Crippen LogP contribution in [0.3, 0.4) is 0 Å². The van der Waals surface area contributed by atoms with Crippen LogP contribution in [-0.2, 0) is 10.3 Å². The Balaban J connectivity index is 2.22. The fourth-order valence-electron chi connectivity index (χ4n) is 2.70. The molecule has 4 nitrogen and oxygen atoms in total. The first-order valence-corrected chi connectivity index (χ1v) is 5.79. The molecule has 0 bridgehead atoms. The van der Waals surface area contributed by atoms with Gasteiger partial charge in [-0.2, -0.15) is 0 Å². The molecule has 2 heterocycles. The Morgan fingerprint density at radius 2 is 2.18 bits per heavy atom. The number of aromatic amines is 1. The average Bonchev–Trinajstić information content (AvgIpc) is 2.95. The van der Waals surface area contributed by atoms with Gasteiger partial charge in [0.05, 0.1) is 0 Å². The van der Waals surface area contributed by atoms with E-state index < -0.39 is 11.5 Å². The summed E-state index contributed by atoms with van der Waals surface area (Å²) in [5.41, 5.74) is 0.912. The van der Waals surface area contributed by atoms with Crippen molar-refractivity contribution in [3.63, 3.8) is 0 Å². The number of rotatable bonds is 2. The lowest BCUT2D eigenvalue weighted by Gasteiger charge is -2.24. The Morgan fingerprint density at radius 1 is 1.35 bits per heavy atom. The van der Waals surface area contributed by atoms with Gasteiger partial charge in [-0.05, 0) is 25.5 Å². The second kappa shape index (κ2) is 3.60. The molecular formula is C13H14N2O2. The largest absolute Gasteiger partial charge is 0.480 e. The van der Waals surface area contributed by atoms with E-state index in [-0.39, 0.29) is 0 Å². The fraction of sp³-hybridized carbons (Fsp3) is 0.308. The molecule has 4 heteroatoms. The molecular weight excluding hydrogens is 216 g/mol. The van der Waals surface area contributed by atoms with Crippen LogP contribution in [0.4, 0.5) is 0 Å². The zero-order chi connectivity index (χ0) is 11.9. The highest BCUT2D eigenvalue weighted by molar-refractivity contribution is 5.92. The molecule has 1 fully saturated rings. The van der Waals surface area contributed by atoms with Crippen LogP contribution < -0.4 is 5.32 Å². The van der Waals surface area contributed by atoms with Crippen LogP contribution in [0.1, 0.15) is 18.4 Å². The lowest BCUT2D eigenvalue weighted by Crippen LogP contribution is -2.44. The van der Waals surface area contributed by atoms with Crippen molar-refractivity contribution in [2.24, 2.45) is 0 Å². The van der Waals surface area contributed by atoms with Crippen LogP contribution in [0.2, 0.25) is 0 Å². The second-order valence-corrected chi connectivity index (χ2v) is 4.49. The minimum absolute atomic E-state index is 0.643. The summed E-state index contributed by atoms with van der Waals surface area (Å²) in [6, 6.07) is 7.80. The zero-order valence-electron chi connectivity index (χ0n) is 9.36. The maximum atomic E-state index is 11.6. The van der Waals surface area contributed by atoms with E-state index in [1.807, 2.05) is 30.5 Å². The summed E-state index contributed by atoms with van der Waals surface area (Å²) < 4.78 is 0. The van der Waals surface area contributed by atoms with Gasteiger partial charge in [-0.3, -0.25) is 5.32 Å². The number of H-pyrrole nitrogens is 1. The lowest BCUT2D eigenvalue weighted by molar-refractivity contribution is -0.144. The van der Waals surface area contributed by atoms with Crippen LogP contribution in [-0.4, -0.2) is 22.6 Å². The van der Waals surface area contributed by atoms with Gasteiger partial charge in [0.25, 0.3) is 0 Å². The number of aliphatic carboxylic acids is 1. The van der Waals surface area contributed by atoms with E-state index in [4.69, 9.17) is 0 Å². The predicted octanol–water partition coefficient (Wildman–Crippen LogP) is 1.83. The molecule has 0 amide bonds. The number of carbonyl (C=O) groups is 1. The van der Waals surface area contributed by atoms with Crippen molar-refractivity contribution in [3.8, 4) is 0 Å². The lowest BCUT2D eigenvalue weighted by atomic mass is 9.88. The van der Waals surface area contributed by atoms with Gasteiger partial charge in [-0.25, -0.2) is 4.79 Å². The van der Waals surface area contributed by atoms with Crippen molar-refractivity contribution in [2.75, 3.05) is 6.54 Å². The van der Waals surface area contributed by atoms with E-state index in [9.17, 15) is 9.90 Å². The standard InChI is InChI=1S/C13H14N2O2/c16-12(17)13(6-3-7-15-13)10-8-14-11-5-2-1-4-9(10)11/h1-2,4-5,8,14-15H,3,6-7H2,(H,16,17). The molecule has 1 aliphatic rings. The fourth-order valence-corrected chi connectivity index (χ4v) is 2.70. The Hall–Kier alpha value is -1.81. The zero-order valence-corrected chi connectivity index (χ0v) is 9.36. The van der Waals surface area contributed by atoms with Gasteiger partial charge in [0.2, 0.25) is 0 Å². The molecule has 3 rings (SSSR count). The smallest absolute Gasteiger partial charge is 0.328 e. The SMILES string of the molecule is O=C(O)C1(c2c[nH]c3ccccc23)CCCN1. The third-order valence-corrected chi connectivity index (χ3v) is 3.57. The summed E-state index contributed by atoms with van der Waals surface area (Å²) >= 11 is 0. The van der Waals surface area contributed by atoms with Gasteiger partial charge in [-0.1, -0.05) is 18.2 Å². The monoisotopic (exact) mass is 230 g/mol. The van der Waals surface area contributed by atoms with Crippen molar-refractivity contribution in [3.05, 3.63) is 36.0 Å². The quantitative estimate of drug-likeness (QED) is 0.737. The highest BCUT2D eigenvalue weighted by Gasteiger charge is 2.44. The van der Waals surface area contributed by atoms with Crippen molar-refractivity contribution in [2.45, 2.75) is 18.4 Å². The molecule has 0 radical (unpaired) electrons.